The standard InChI is InChI=1S/C18H29N3O/c19-9-8-17-14-20(13-16-5-2-1-3-6-16)10-11-21(17)15-18-7-4-12-22-18/h1-3,5-6,17-18H,4,7-15,19H2/t17-,18?/m0/s1. The number of hydrogen-bond donors (Lipinski definition) is 1. The summed E-state index contributed by atoms with van der Waals surface area (Å²) in [6, 6.07) is 11.3. The summed E-state index contributed by atoms with van der Waals surface area (Å²) in [6.07, 6.45) is 3.97. The molecule has 0 aromatic heterocycles. The average Bonchev–Trinajstić information content (AvgIpc) is 3.04. The third kappa shape index (κ3) is 4.29. The van der Waals surface area contributed by atoms with Crippen LogP contribution >= 0.6 is 0 Å². The number of rotatable bonds is 6. The van der Waals surface area contributed by atoms with E-state index in [1.54, 1.807) is 0 Å². The molecule has 2 aliphatic rings. The SMILES string of the molecule is NCC[C@H]1CN(Cc2ccccc2)CCN1CC1CCCO1. The van der Waals surface area contributed by atoms with Gasteiger partial charge in [0.05, 0.1) is 6.10 Å². The van der Waals surface area contributed by atoms with Gasteiger partial charge >= 0.3 is 0 Å². The fourth-order valence-electron chi connectivity index (χ4n) is 3.70. The number of ether oxygens (including phenoxy) is 1. The van der Waals surface area contributed by atoms with Crippen LogP contribution in [0.15, 0.2) is 30.3 Å². The Hall–Kier alpha value is -0.940. The summed E-state index contributed by atoms with van der Waals surface area (Å²) in [5.41, 5.74) is 7.26. The van der Waals surface area contributed by atoms with E-state index in [4.69, 9.17) is 10.5 Å². The molecule has 0 bridgehead atoms. The van der Waals surface area contributed by atoms with Crippen molar-refractivity contribution in [2.24, 2.45) is 5.73 Å². The average molecular weight is 303 g/mol. The molecule has 1 unspecified atom stereocenters. The fraction of sp³-hybridized carbons (Fsp3) is 0.667. The summed E-state index contributed by atoms with van der Waals surface area (Å²) in [5, 5.41) is 0. The number of nitrogens with zero attached hydrogens (tertiary/aromatic N) is 2. The van der Waals surface area contributed by atoms with Gasteiger partial charge < -0.3 is 10.5 Å². The first-order valence-corrected chi connectivity index (χ1v) is 8.67. The monoisotopic (exact) mass is 303 g/mol. The van der Waals surface area contributed by atoms with Crippen LogP contribution in [0.25, 0.3) is 0 Å². The third-order valence-corrected chi connectivity index (χ3v) is 4.90. The minimum absolute atomic E-state index is 0.445. The Labute approximate surface area is 134 Å². The fourth-order valence-corrected chi connectivity index (χ4v) is 3.70. The van der Waals surface area contributed by atoms with Gasteiger partial charge in [0.15, 0.2) is 0 Å². The van der Waals surface area contributed by atoms with Gasteiger partial charge in [0.25, 0.3) is 0 Å². The van der Waals surface area contributed by atoms with E-state index in [9.17, 15) is 0 Å². The van der Waals surface area contributed by atoms with E-state index in [2.05, 4.69) is 40.1 Å². The predicted molar refractivity (Wildman–Crippen MR) is 89.7 cm³/mol. The Morgan fingerprint density at radius 3 is 2.77 bits per heavy atom. The molecule has 3 rings (SSSR count). The lowest BCUT2D eigenvalue weighted by molar-refractivity contribution is 0.0161. The van der Waals surface area contributed by atoms with Gasteiger partial charge in [0, 0.05) is 45.4 Å². The molecule has 0 amide bonds. The van der Waals surface area contributed by atoms with Crippen LogP contribution in [0.5, 0.6) is 0 Å². The second-order valence-electron chi connectivity index (χ2n) is 6.58. The molecule has 22 heavy (non-hydrogen) atoms. The molecule has 2 aliphatic heterocycles. The molecule has 2 heterocycles. The molecule has 4 nitrogen and oxygen atoms in total. The number of benzene rings is 1. The topological polar surface area (TPSA) is 41.7 Å². The molecule has 0 radical (unpaired) electrons. The molecule has 1 aromatic rings. The second kappa shape index (κ2) is 8.06. The molecular formula is C18H29N3O. The Bertz CT molecular complexity index is 433. The van der Waals surface area contributed by atoms with Crippen molar-refractivity contribution < 1.29 is 4.74 Å². The Kier molecular flexibility index (Phi) is 5.84. The minimum atomic E-state index is 0.445. The molecule has 2 N–H and O–H groups in total. The molecule has 2 saturated heterocycles. The van der Waals surface area contributed by atoms with Crippen molar-refractivity contribution in [3.8, 4) is 0 Å². The zero-order valence-corrected chi connectivity index (χ0v) is 13.5. The van der Waals surface area contributed by atoms with Crippen LogP contribution < -0.4 is 5.73 Å². The summed E-state index contributed by atoms with van der Waals surface area (Å²) in [4.78, 5) is 5.19. The van der Waals surface area contributed by atoms with Crippen molar-refractivity contribution in [3.05, 3.63) is 35.9 Å². The van der Waals surface area contributed by atoms with Crippen LogP contribution in [0.4, 0.5) is 0 Å². The summed E-state index contributed by atoms with van der Waals surface area (Å²) in [6.45, 7) is 7.25. The molecule has 0 aliphatic carbocycles. The molecule has 1 aromatic carbocycles. The van der Waals surface area contributed by atoms with Crippen LogP contribution in [0.2, 0.25) is 0 Å². The number of hydrogen-bond acceptors (Lipinski definition) is 4. The van der Waals surface area contributed by atoms with Gasteiger partial charge in [0.2, 0.25) is 0 Å². The lowest BCUT2D eigenvalue weighted by atomic mass is 10.1. The largest absolute Gasteiger partial charge is 0.377 e. The van der Waals surface area contributed by atoms with Gasteiger partial charge in [-0.15, -0.1) is 0 Å². The van der Waals surface area contributed by atoms with Gasteiger partial charge in [-0.3, -0.25) is 9.80 Å². The normalized spacial score (nSPS) is 27.3. The predicted octanol–water partition coefficient (Wildman–Crippen LogP) is 1.70. The molecular weight excluding hydrogens is 274 g/mol. The first-order chi connectivity index (χ1) is 10.8. The van der Waals surface area contributed by atoms with Crippen LogP contribution in [0, 0.1) is 0 Å². The van der Waals surface area contributed by atoms with Crippen molar-refractivity contribution >= 4 is 0 Å². The Balaban J connectivity index is 1.55. The minimum Gasteiger partial charge on any atom is -0.377 e. The van der Waals surface area contributed by atoms with Crippen molar-refractivity contribution in [3.63, 3.8) is 0 Å². The lowest BCUT2D eigenvalue weighted by Crippen LogP contribution is -2.55. The maximum absolute atomic E-state index is 5.85. The van der Waals surface area contributed by atoms with Crippen LogP contribution in [0.1, 0.15) is 24.8 Å². The van der Waals surface area contributed by atoms with E-state index in [-0.39, 0.29) is 0 Å². The highest BCUT2D eigenvalue weighted by molar-refractivity contribution is 5.14. The van der Waals surface area contributed by atoms with Crippen molar-refractivity contribution in [2.45, 2.75) is 38.0 Å². The lowest BCUT2D eigenvalue weighted by Gasteiger charge is -2.42. The molecule has 122 valence electrons. The van der Waals surface area contributed by atoms with E-state index in [1.165, 1.54) is 18.4 Å². The zero-order valence-electron chi connectivity index (χ0n) is 13.5. The molecule has 0 spiro atoms. The highest BCUT2D eigenvalue weighted by atomic mass is 16.5. The zero-order chi connectivity index (χ0) is 15.2. The van der Waals surface area contributed by atoms with Gasteiger partial charge in [-0.25, -0.2) is 0 Å². The highest BCUT2D eigenvalue weighted by Crippen LogP contribution is 2.19. The van der Waals surface area contributed by atoms with Gasteiger partial charge in [0.1, 0.15) is 0 Å². The summed E-state index contributed by atoms with van der Waals surface area (Å²) in [5.74, 6) is 0. The molecule has 4 heteroatoms. The van der Waals surface area contributed by atoms with E-state index in [0.717, 1.165) is 52.3 Å². The Morgan fingerprint density at radius 1 is 1.18 bits per heavy atom. The highest BCUT2D eigenvalue weighted by Gasteiger charge is 2.29. The van der Waals surface area contributed by atoms with Crippen molar-refractivity contribution in [1.29, 1.82) is 0 Å². The maximum atomic E-state index is 5.85. The van der Waals surface area contributed by atoms with E-state index in [1.807, 2.05) is 0 Å². The van der Waals surface area contributed by atoms with Crippen molar-refractivity contribution in [2.75, 3.05) is 39.3 Å². The first-order valence-electron chi connectivity index (χ1n) is 8.67. The summed E-state index contributed by atoms with van der Waals surface area (Å²) in [7, 11) is 0. The molecule has 0 saturated carbocycles. The quantitative estimate of drug-likeness (QED) is 0.868. The van der Waals surface area contributed by atoms with Crippen LogP contribution in [-0.4, -0.2) is 61.3 Å². The van der Waals surface area contributed by atoms with E-state index >= 15 is 0 Å². The molecule has 2 atom stereocenters. The molecule has 2 fully saturated rings. The Morgan fingerprint density at radius 2 is 2.05 bits per heavy atom. The van der Waals surface area contributed by atoms with E-state index in [0.29, 0.717) is 12.1 Å². The van der Waals surface area contributed by atoms with Gasteiger partial charge in [-0.05, 0) is 31.4 Å². The second-order valence-corrected chi connectivity index (χ2v) is 6.58. The van der Waals surface area contributed by atoms with Crippen LogP contribution in [0.3, 0.4) is 0 Å². The van der Waals surface area contributed by atoms with Crippen molar-refractivity contribution in [1.82, 2.24) is 9.80 Å². The van der Waals surface area contributed by atoms with E-state index < -0.39 is 0 Å². The first kappa shape index (κ1) is 15.9. The number of piperazine rings is 1. The third-order valence-electron chi connectivity index (χ3n) is 4.90. The maximum Gasteiger partial charge on any atom is 0.0702 e. The van der Waals surface area contributed by atoms with Crippen LogP contribution in [-0.2, 0) is 11.3 Å². The number of nitrogens with two attached hydrogens (primary N) is 1. The summed E-state index contributed by atoms with van der Waals surface area (Å²) < 4.78 is 5.82. The smallest absolute Gasteiger partial charge is 0.0702 e. The van der Waals surface area contributed by atoms with Gasteiger partial charge in [-0.1, -0.05) is 30.3 Å². The van der Waals surface area contributed by atoms with Gasteiger partial charge in [-0.2, -0.15) is 0 Å². The summed E-state index contributed by atoms with van der Waals surface area (Å²) >= 11 is 0.